The molecule has 6 nitrogen and oxygen atoms in total. The van der Waals surface area contributed by atoms with Crippen molar-refractivity contribution in [2.24, 2.45) is 5.73 Å². The highest BCUT2D eigenvalue weighted by Crippen LogP contribution is 2.20. The van der Waals surface area contributed by atoms with Gasteiger partial charge in [0.15, 0.2) is 5.58 Å². The van der Waals surface area contributed by atoms with Crippen LogP contribution in [0.1, 0.15) is 10.9 Å². The predicted molar refractivity (Wildman–Crippen MR) is 76.7 cm³/mol. The first-order valence-electron chi connectivity index (χ1n) is 5.86. The van der Waals surface area contributed by atoms with Crippen LogP contribution in [0, 0.1) is 0 Å². The molecule has 102 valence electrons. The lowest BCUT2D eigenvalue weighted by Gasteiger charge is -2.10. The third-order valence-corrected chi connectivity index (χ3v) is 3.77. The molecule has 0 fully saturated rings. The Labute approximate surface area is 117 Å². The highest BCUT2D eigenvalue weighted by Gasteiger charge is 2.17. The zero-order valence-electron chi connectivity index (χ0n) is 10.3. The number of rotatable bonds is 3. The first-order valence-corrected chi connectivity index (χ1v) is 6.74. The van der Waals surface area contributed by atoms with E-state index in [-0.39, 0.29) is 5.91 Å². The third kappa shape index (κ3) is 2.36. The van der Waals surface area contributed by atoms with Crippen molar-refractivity contribution in [2.45, 2.75) is 6.04 Å². The van der Waals surface area contributed by atoms with E-state index in [2.05, 4.69) is 10.3 Å². The highest BCUT2D eigenvalue weighted by atomic mass is 32.1. The maximum absolute atomic E-state index is 12.0. The summed E-state index contributed by atoms with van der Waals surface area (Å²) in [4.78, 5) is 26.4. The summed E-state index contributed by atoms with van der Waals surface area (Å²) in [5.74, 6) is -0.837. The molecule has 1 aromatic carbocycles. The largest absolute Gasteiger partial charge is 0.417 e. The van der Waals surface area contributed by atoms with Crippen molar-refractivity contribution in [1.29, 1.82) is 0 Å². The molecule has 2 aromatic heterocycles. The van der Waals surface area contributed by atoms with Crippen molar-refractivity contribution >= 4 is 34.0 Å². The topological polar surface area (TPSA) is 101 Å². The van der Waals surface area contributed by atoms with Gasteiger partial charge in [-0.1, -0.05) is 6.07 Å². The zero-order valence-corrected chi connectivity index (χ0v) is 11.1. The predicted octanol–water partition coefficient (Wildman–Crippen LogP) is 1.82. The van der Waals surface area contributed by atoms with Crippen molar-refractivity contribution in [3.63, 3.8) is 0 Å². The van der Waals surface area contributed by atoms with Gasteiger partial charge in [-0.05, 0) is 29.6 Å². The second-order valence-corrected chi connectivity index (χ2v) is 5.19. The number of hydrogen-bond acceptors (Lipinski definition) is 5. The number of fused-ring (bicyclic) bond motifs is 1. The van der Waals surface area contributed by atoms with Crippen LogP contribution in [0.2, 0.25) is 0 Å². The molecule has 0 saturated heterocycles. The van der Waals surface area contributed by atoms with Crippen LogP contribution >= 0.6 is 11.3 Å². The van der Waals surface area contributed by atoms with Crippen LogP contribution in [0.15, 0.2) is 44.9 Å². The van der Waals surface area contributed by atoms with Gasteiger partial charge in [0.1, 0.15) is 6.04 Å². The van der Waals surface area contributed by atoms with Crippen LogP contribution in [0.25, 0.3) is 11.1 Å². The van der Waals surface area contributed by atoms with Crippen molar-refractivity contribution in [3.05, 3.63) is 51.1 Å². The number of hydrogen-bond donors (Lipinski definition) is 3. The van der Waals surface area contributed by atoms with Crippen molar-refractivity contribution in [3.8, 4) is 0 Å². The molecule has 0 radical (unpaired) electrons. The fraction of sp³-hybridized carbons (Fsp3) is 0.0769. The number of thiophene rings is 1. The van der Waals surface area contributed by atoms with Gasteiger partial charge in [-0.3, -0.25) is 9.78 Å². The SMILES string of the molecule is NC(C(=O)Nc1ccc2oc(=O)[nH]c2c1)c1cccs1. The smallest absolute Gasteiger partial charge is 0.408 e. The minimum absolute atomic E-state index is 0.308. The Kier molecular flexibility index (Phi) is 3.13. The second-order valence-electron chi connectivity index (χ2n) is 4.21. The molecule has 0 bridgehead atoms. The number of aromatic amines is 1. The van der Waals surface area contributed by atoms with Crippen LogP contribution in [0.5, 0.6) is 0 Å². The number of carbonyl (C=O) groups is 1. The fourth-order valence-corrected chi connectivity index (χ4v) is 2.57. The van der Waals surface area contributed by atoms with Crippen LogP contribution in [-0.4, -0.2) is 10.9 Å². The number of nitrogens with one attached hydrogen (secondary N) is 2. The minimum atomic E-state index is -0.714. The van der Waals surface area contributed by atoms with Crippen LogP contribution in [0.4, 0.5) is 5.69 Å². The first-order chi connectivity index (χ1) is 9.63. The van der Waals surface area contributed by atoms with Crippen molar-refractivity contribution in [2.75, 3.05) is 5.32 Å². The maximum Gasteiger partial charge on any atom is 0.417 e. The Balaban J connectivity index is 1.81. The first kappa shape index (κ1) is 12.6. The van der Waals surface area contributed by atoms with Crippen LogP contribution in [-0.2, 0) is 4.79 Å². The second kappa shape index (κ2) is 4.95. The zero-order chi connectivity index (χ0) is 14.1. The Morgan fingerprint density at radius 1 is 1.40 bits per heavy atom. The normalized spacial score (nSPS) is 12.4. The molecule has 3 rings (SSSR count). The Bertz CT molecular complexity index is 804. The van der Waals surface area contributed by atoms with E-state index in [1.807, 2.05) is 17.5 Å². The lowest BCUT2D eigenvalue weighted by Crippen LogP contribution is -2.26. The number of nitrogens with two attached hydrogens (primary N) is 1. The standard InChI is InChI=1S/C13H11N3O3S/c14-11(10-2-1-5-20-10)12(17)15-7-3-4-9-8(6-7)16-13(18)19-9/h1-6,11H,14H2,(H,15,17)(H,16,18). The summed E-state index contributed by atoms with van der Waals surface area (Å²) in [5, 5.41) is 4.58. The molecule has 1 unspecified atom stereocenters. The van der Waals surface area contributed by atoms with E-state index < -0.39 is 11.8 Å². The van der Waals surface area contributed by atoms with Gasteiger partial charge in [-0.15, -0.1) is 11.3 Å². The molecule has 4 N–H and O–H groups in total. The summed E-state index contributed by atoms with van der Waals surface area (Å²) < 4.78 is 4.89. The van der Waals surface area contributed by atoms with E-state index >= 15 is 0 Å². The van der Waals surface area contributed by atoms with Gasteiger partial charge in [-0.2, -0.15) is 0 Å². The molecule has 20 heavy (non-hydrogen) atoms. The summed E-state index contributed by atoms with van der Waals surface area (Å²) in [6, 6.07) is 7.83. The van der Waals surface area contributed by atoms with Gasteiger partial charge >= 0.3 is 5.76 Å². The van der Waals surface area contributed by atoms with E-state index in [9.17, 15) is 9.59 Å². The summed E-state index contributed by atoms with van der Waals surface area (Å²) in [6.07, 6.45) is 0. The number of H-pyrrole nitrogens is 1. The molecule has 1 atom stereocenters. The highest BCUT2D eigenvalue weighted by molar-refractivity contribution is 7.10. The van der Waals surface area contributed by atoms with Gasteiger partial charge in [0.2, 0.25) is 5.91 Å². The molecule has 3 aromatic rings. The maximum atomic E-state index is 12.0. The van der Waals surface area contributed by atoms with Gasteiger partial charge in [-0.25, -0.2) is 4.79 Å². The number of aromatic nitrogens is 1. The molecule has 7 heteroatoms. The van der Waals surface area contributed by atoms with Gasteiger partial charge < -0.3 is 15.5 Å². The van der Waals surface area contributed by atoms with E-state index in [1.165, 1.54) is 11.3 Å². The van der Waals surface area contributed by atoms with Crippen LogP contribution in [0.3, 0.4) is 0 Å². The summed E-state index contributed by atoms with van der Waals surface area (Å²) in [6.45, 7) is 0. The number of amides is 1. The van der Waals surface area contributed by atoms with E-state index in [4.69, 9.17) is 10.2 Å². The molecule has 2 heterocycles. The fourth-order valence-electron chi connectivity index (χ4n) is 1.85. The Morgan fingerprint density at radius 2 is 2.25 bits per heavy atom. The number of benzene rings is 1. The average Bonchev–Trinajstić information content (AvgIpc) is 3.05. The number of anilines is 1. The number of carbonyl (C=O) groups excluding carboxylic acids is 1. The molecule has 0 aliphatic rings. The van der Waals surface area contributed by atoms with Crippen LogP contribution < -0.4 is 16.8 Å². The Hall–Kier alpha value is -2.38. The Morgan fingerprint density at radius 3 is 3.00 bits per heavy atom. The lowest BCUT2D eigenvalue weighted by atomic mass is 10.2. The third-order valence-electron chi connectivity index (χ3n) is 2.82. The molecular weight excluding hydrogens is 278 g/mol. The molecule has 0 saturated carbocycles. The van der Waals surface area contributed by atoms with E-state index in [0.717, 1.165) is 4.88 Å². The molecular formula is C13H11N3O3S. The summed E-state index contributed by atoms with van der Waals surface area (Å²) in [7, 11) is 0. The van der Waals surface area contributed by atoms with Gasteiger partial charge in [0.05, 0.1) is 5.52 Å². The molecule has 0 aliphatic carbocycles. The van der Waals surface area contributed by atoms with Crippen molar-refractivity contribution in [1.82, 2.24) is 4.98 Å². The molecule has 0 aliphatic heterocycles. The van der Waals surface area contributed by atoms with E-state index in [1.54, 1.807) is 18.2 Å². The average molecular weight is 289 g/mol. The van der Waals surface area contributed by atoms with Crippen molar-refractivity contribution < 1.29 is 9.21 Å². The molecule has 0 spiro atoms. The van der Waals surface area contributed by atoms with Gasteiger partial charge in [0, 0.05) is 10.6 Å². The lowest BCUT2D eigenvalue weighted by molar-refractivity contribution is -0.117. The summed E-state index contributed by atoms with van der Waals surface area (Å²) >= 11 is 1.43. The summed E-state index contributed by atoms with van der Waals surface area (Å²) in [5.41, 5.74) is 7.38. The van der Waals surface area contributed by atoms with Gasteiger partial charge in [0.25, 0.3) is 0 Å². The molecule has 1 amide bonds. The monoisotopic (exact) mass is 289 g/mol. The minimum Gasteiger partial charge on any atom is -0.408 e. The van der Waals surface area contributed by atoms with E-state index in [0.29, 0.717) is 16.8 Å². The number of oxazole rings is 1. The quantitative estimate of drug-likeness (QED) is 0.684.